The minimum atomic E-state index is -0.166. The molecule has 6 atom stereocenters. The molecule has 6 nitrogen and oxygen atoms in total. The fourth-order valence-corrected chi connectivity index (χ4v) is 8.55. The van der Waals surface area contributed by atoms with Crippen molar-refractivity contribution < 1.29 is 19.8 Å². The second kappa shape index (κ2) is 12.4. The number of aliphatic hydroxyl groups excluding tert-OH is 2. The minimum Gasteiger partial charge on any atom is -0.393 e. The fraction of sp³-hybridized carbons (Fsp3) is 0.933. The van der Waals surface area contributed by atoms with Crippen LogP contribution in [0.25, 0.3) is 0 Å². The molecule has 36 heavy (non-hydrogen) atoms. The van der Waals surface area contributed by atoms with E-state index in [4.69, 9.17) is 0 Å². The molecule has 6 unspecified atom stereocenters. The third-order valence-electron chi connectivity index (χ3n) is 10.7. The summed E-state index contributed by atoms with van der Waals surface area (Å²) < 4.78 is 0. The SMILES string of the molecule is O=C1C2CCCCC2C(=O)C2C(NCCC3CCC(O)CC3)CCC(NCCC3CCC(O)CC3)C12. The lowest BCUT2D eigenvalue weighted by Gasteiger charge is -2.50. The molecule has 204 valence electrons. The van der Waals surface area contributed by atoms with E-state index in [-0.39, 0.29) is 48.0 Å². The molecule has 5 fully saturated rings. The van der Waals surface area contributed by atoms with Crippen LogP contribution >= 0.6 is 0 Å². The first kappa shape index (κ1) is 26.8. The van der Waals surface area contributed by atoms with Crippen LogP contribution in [0.1, 0.15) is 103 Å². The number of nitrogens with one attached hydrogen (secondary N) is 2. The van der Waals surface area contributed by atoms with E-state index < -0.39 is 0 Å². The molecule has 0 radical (unpaired) electrons. The maximum absolute atomic E-state index is 13.9. The molecule has 0 bridgehead atoms. The van der Waals surface area contributed by atoms with E-state index in [9.17, 15) is 19.8 Å². The van der Waals surface area contributed by atoms with Gasteiger partial charge < -0.3 is 20.8 Å². The number of carbonyl (C=O) groups excluding carboxylic acids is 2. The minimum absolute atomic E-state index is 0.0379. The van der Waals surface area contributed by atoms with Crippen molar-refractivity contribution in [2.45, 2.75) is 127 Å². The van der Waals surface area contributed by atoms with Gasteiger partial charge in [0.15, 0.2) is 0 Å². The highest BCUT2D eigenvalue weighted by Crippen LogP contribution is 2.46. The van der Waals surface area contributed by atoms with Crippen LogP contribution in [0, 0.1) is 35.5 Å². The third-order valence-corrected chi connectivity index (χ3v) is 10.7. The van der Waals surface area contributed by atoms with Crippen molar-refractivity contribution in [2.75, 3.05) is 13.1 Å². The summed E-state index contributed by atoms with van der Waals surface area (Å²) in [5.74, 6) is 1.70. The van der Waals surface area contributed by atoms with E-state index in [1.807, 2.05) is 0 Å². The molecule has 6 heteroatoms. The summed E-state index contributed by atoms with van der Waals surface area (Å²) in [7, 11) is 0. The zero-order valence-electron chi connectivity index (χ0n) is 22.2. The average Bonchev–Trinajstić information content (AvgIpc) is 2.90. The summed E-state index contributed by atoms with van der Waals surface area (Å²) in [6, 6.07) is 0.253. The lowest BCUT2D eigenvalue weighted by molar-refractivity contribution is -0.153. The van der Waals surface area contributed by atoms with E-state index in [1.54, 1.807) is 0 Å². The highest BCUT2D eigenvalue weighted by atomic mass is 16.3. The first-order chi connectivity index (χ1) is 17.5. The molecular weight excluding hydrogens is 452 g/mol. The van der Waals surface area contributed by atoms with Crippen LogP contribution < -0.4 is 10.6 Å². The fourth-order valence-electron chi connectivity index (χ4n) is 8.55. The summed E-state index contributed by atoms with van der Waals surface area (Å²) in [5.41, 5.74) is 0. The van der Waals surface area contributed by atoms with Crippen molar-refractivity contribution in [1.82, 2.24) is 10.6 Å². The molecule has 0 aromatic rings. The van der Waals surface area contributed by atoms with E-state index in [1.165, 1.54) is 0 Å². The number of fused-ring (bicyclic) bond motifs is 2. The number of rotatable bonds is 8. The summed E-state index contributed by atoms with van der Waals surface area (Å²) in [6.07, 6.45) is 16.0. The van der Waals surface area contributed by atoms with Crippen molar-refractivity contribution >= 4 is 11.6 Å². The van der Waals surface area contributed by atoms with E-state index >= 15 is 0 Å². The number of hydrogen-bond acceptors (Lipinski definition) is 6. The van der Waals surface area contributed by atoms with Crippen molar-refractivity contribution in [3.05, 3.63) is 0 Å². The molecule has 0 saturated heterocycles. The topological polar surface area (TPSA) is 98.7 Å². The van der Waals surface area contributed by atoms with Crippen molar-refractivity contribution in [3.8, 4) is 0 Å². The van der Waals surface area contributed by atoms with Gasteiger partial charge in [-0.15, -0.1) is 0 Å². The molecule has 5 rings (SSSR count). The molecule has 0 aromatic heterocycles. The van der Waals surface area contributed by atoms with E-state index in [2.05, 4.69) is 10.6 Å². The van der Waals surface area contributed by atoms with Gasteiger partial charge in [0.2, 0.25) is 0 Å². The number of aliphatic hydroxyl groups is 2. The quantitative estimate of drug-likeness (QED) is 0.403. The predicted molar refractivity (Wildman–Crippen MR) is 140 cm³/mol. The van der Waals surface area contributed by atoms with Gasteiger partial charge in [0.1, 0.15) is 11.6 Å². The average molecular weight is 503 g/mol. The largest absolute Gasteiger partial charge is 0.393 e. The van der Waals surface area contributed by atoms with Crippen LogP contribution in [-0.4, -0.2) is 59.2 Å². The van der Waals surface area contributed by atoms with Gasteiger partial charge in [-0.25, -0.2) is 0 Å². The number of hydrogen-bond donors (Lipinski definition) is 4. The van der Waals surface area contributed by atoms with Crippen LogP contribution in [0.2, 0.25) is 0 Å². The second-order valence-corrected chi connectivity index (χ2v) is 13.0. The molecule has 0 heterocycles. The maximum atomic E-state index is 13.9. The molecule has 0 amide bonds. The Morgan fingerprint density at radius 1 is 0.556 bits per heavy atom. The highest BCUT2D eigenvalue weighted by molar-refractivity contribution is 6.00. The Kier molecular flexibility index (Phi) is 9.19. The number of Topliss-reactive ketones (excluding diaryl/α,β-unsaturated/α-hetero) is 2. The van der Waals surface area contributed by atoms with Gasteiger partial charge in [-0.3, -0.25) is 9.59 Å². The Morgan fingerprint density at radius 2 is 0.944 bits per heavy atom. The summed E-state index contributed by atoms with van der Waals surface area (Å²) in [5, 5.41) is 27.2. The van der Waals surface area contributed by atoms with Crippen LogP contribution in [0.4, 0.5) is 0 Å². The first-order valence-electron chi connectivity index (χ1n) is 15.4. The Balaban J connectivity index is 1.21. The van der Waals surface area contributed by atoms with Gasteiger partial charge in [-0.2, -0.15) is 0 Å². The standard InChI is InChI=1S/C30H50N2O4/c33-21-9-5-19(6-10-21)15-17-31-25-13-14-26(32-18-16-20-7-11-22(34)12-8-20)28-27(25)29(35)23-3-1-2-4-24(23)30(28)36/h19-28,31-34H,1-18H2. The molecule has 4 N–H and O–H groups in total. The Hall–Kier alpha value is -0.820. The van der Waals surface area contributed by atoms with Crippen LogP contribution in [-0.2, 0) is 9.59 Å². The Morgan fingerprint density at radius 3 is 1.33 bits per heavy atom. The zero-order chi connectivity index (χ0) is 25.1. The van der Waals surface area contributed by atoms with Gasteiger partial charge in [0.25, 0.3) is 0 Å². The van der Waals surface area contributed by atoms with Gasteiger partial charge in [-0.05, 0) is 115 Å². The van der Waals surface area contributed by atoms with Gasteiger partial charge in [0, 0.05) is 35.8 Å². The lowest BCUT2D eigenvalue weighted by Crippen LogP contribution is -2.63. The zero-order valence-corrected chi connectivity index (χ0v) is 22.2. The third kappa shape index (κ3) is 6.08. The molecule has 0 aromatic carbocycles. The number of carbonyl (C=O) groups is 2. The van der Waals surface area contributed by atoms with Gasteiger partial charge >= 0.3 is 0 Å². The summed E-state index contributed by atoms with van der Waals surface area (Å²) >= 11 is 0. The highest BCUT2D eigenvalue weighted by Gasteiger charge is 2.56. The van der Waals surface area contributed by atoms with Gasteiger partial charge in [0.05, 0.1) is 12.2 Å². The molecular formula is C30H50N2O4. The normalized spacial score (nSPS) is 43.6. The monoisotopic (exact) mass is 502 g/mol. The Bertz CT molecular complexity index is 681. The van der Waals surface area contributed by atoms with Crippen molar-refractivity contribution in [3.63, 3.8) is 0 Å². The summed E-state index contributed by atoms with van der Waals surface area (Å²) in [6.45, 7) is 1.83. The van der Waals surface area contributed by atoms with Crippen molar-refractivity contribution in [1.29, 1.82) is 0 Å². The van der Waals surface area contributed by atoms with Crippen LogP contribution in [0.3, 0.4) is 0 Å². The summed E-state index contributed by atoms with van der Waals surface area (Å²) in [4.78, 5) is 27.8. The number of ketones is 2. The Labute approximate surface area is 217 Å². The van der Waals surface area contributed by atoms with Crippen molar-refractivity contribution in [2.24, 2.45) is 35.5 Å². The molecule has 0 aliphatic heterocycles. The molecule has 5 saturated carbocycles. The first-order valence-corrected chi connectivity index (χ1v) is 15.4. The maximum Gasteiger partial charge on any atom is 0.142 e. The second-order valence-electron chi connectivity index (χ2n) is 13.0. The van der Waals surface area contributed by atoms with Crippen LogP contribution in [0.5, 0.6) is 0 Å². The molecule has 5 aliphatic carbocycles. The molecule has 5 aliphatic rings. The molecule has 0 spiro atoms. The predicted octanol–water partition coefficient (Wildman–Crippen LogP) is 3.77. The van der Waals surface area contributed by atoms with E-state index in [0.717, 1.165) is 116 Å². The van der Waals surface area contributed by atoms with E-state index in [0.29, 0.717) is 23.4 Å². The smallest absolute Gasteiger partial charge is 0.142 e. The van der Waals surface area contributed by atoms with Crippen LogP contribution in [0.15, 0.2) is 0 Å². The lowest BCUT2D eigenvalue weighted by atomic mass is 9.56. The van der Waals surface area contributed by atoms with Gasteiger partial charge in [-0.1, -0.05) is 12.8 Å².